The minimum absolute atomic E-state index is 0.0152. The number of benzene rings is 3. The molecule has 27 heavy (non-hydrogen) atoms. The molecule has 0 atom stereocenters. The first-order chi connectivity index (χ1) is 13.1. The van der Waals surface area contributed by atoms with E-state index in [2.05, 4.69) is 4.90 Å². The molecule has 0 aliphatic rings. The van der Waals surface area contributed by atoms with E-state index in [1.807, 2.05) is 60.7 Å². The molecule has 4 aromatic rings. The maximum absolute atomic E-state index is 12.0. The first-order valence-corrected chi connectivity index (χ1v) is 8.49. The zero-order valence-corrected chi connectivity index (χ0v) is 14.4. The van der Waals surface area contributed by atoms with Crippen LogP contribution >= 0.6 is 0 Å². The van der Waals surface area contributed by atoms with E-state index >= 15 is 0 Å². The third-order valence-corrected chi connectivity index (χ3v) is 4.42. The number of aromatic hydroxyl groups is 2. The summed E-state index contributed by atoms with van der Waals surface area (Å²) in [6, 6.07) is 24.1. The Kier molecular flexibility index (Phi) is 4.26. The summed E-state index contributed by atoms with van der Waals surface area (Å²) < 4.78 is 5.12. The van der Waals surface area contributed by atoms with Gasteiger partial charge in [-0.2, -0.15) is 0 Å². The summed E-state index contributed by atoms with van der Waals surface area (Å²) >= 11 is 0. The number of anilines is 2. The number of hydrogen-bond donors (Lipinski definition) is 2. The van der Waals surface area contributed by atoms with Crippen molar-refractivity contribution in [3.8, 4) is 11.5 Å². The zero-order valence-electron chi connectivity index (χ0n) is 14.4. The van der Waals surface area contributed by atoms with Gasteiger partial charge in [-0.05, 0) is 42.0 Å². The molecule has 4 rings (SSSR count). The molecule has 0 saturated heterocycles. The number of nitrogens with zero attached hydrogens (tertiary/aromatic N) is 1. The average molecular weight is 359 g/mol. The molecular formula is C22H17NO4. The fourth-order valence-electron chi connectivity index (χ4n) is 3.12. The van der Waals surface area contributed by atoms with Gasteiger partial charge in [-0.3, -0.25) is 0 Å². The second-order valence-electron chi connectivity index (χ2n) is 6.16. The molecule has 0 unspecified atom stereocenters. The van der Waals surface area contributed by atoms with Gasteiger partial charge in [0.1, 0.15) is 0 Å². The lowest BCUT2D eigenvalue weighted by Crippen LogP contribution is -2.17. The second-order valence-corrected chi connectivity index (χ2v) is 6.16. The molecule has 0 spiro atoms. The van der Waals surface area contributed by atoms with Gasteiger partial charge in [0.05, 0.1) is 0 Å². The molecule has 0 aliphatic carbocycles. The van der Waals surface area contributed by atoms with Gasteiger partial charge >= 0.3 is 5.63 Å². The van der Waals surface area contributed by atoms with Crippen LogP contribution in [0, 0.1) is 0 Å². The Morgan fingerprint density at radius 2 is 1.41 bits per heavy atom. The van der Waals surface area contributed by atoms with Crippen LogP contribution in [0.4, 0.5) is 11.4 Å². The number of hydrogen-bond acceptors (Lipinski definition) is 5. The SMILES string of the molecule is O=c1cc(CN(c2ccccc2)c2ccccc2)c2ccc(O)c(O)c2o1. The van der Waals surface area contributed by atoms with Crippen LogP contribution < -0.4 is 10.5 Å². The largest absolute Gasteiger partial charge is 0.504 e. The molecular weight excluding hydrogens is 342 g/mol. The van der Waals surface area contributed by atoms with Gasteiger partial charge in [-0.1, -0.05) is 36.4 Å². The third kappa shape index (κ3) is 3.22. The molecule has 0 bridgehead atoms. The molecule has 0 saturated carbocycles. The predicted molar refractivity (Wildman–Crippen MR) is 105 cm³/mol. The highest BCUT2D eigenvalue weighted by molar-refractivity contribution is 5.88. The lowest BCUT2D eigenvalue weighted by atomic mass is 10.1. The van der Waals surface area contributed by atoms with Gasteiger partial charge in [0.2, 0.25) is 5.75 Å². The minimum Gasteiger partial charge on any atom is -0.504 e. The molecule has 0 radical (unpaired) electrons. The highest BCUT2D eigenvalue weighted by atomic mass is 16.4. The van der Waals surface area contributed by atoms with Crippen LogP contribution in [0.5, 0.6) is 11.5 Å². The molecule has 3 aromatic carbocycles. The second kappa shape index (κ2) is 6.88. The van der Waals surface area contributed by atoms with Crippen molar-refractivity contribution >= 4 is 22.3 Å². The molecule has 0 aliphatic heterocycles. The monoisotopic (exact) mass is 359 g/mol. The van der Waals surface area contributed by atoms with Crippen LogP contribution in [-0.4, -0.2) is 10.2 Å². The standard InChI is InChI=1S/C22H17NO4/c24-19-12-11-18-15(13-20(25)27-22(18)21(19)26)14-23(16-7-3-1-4-8-16)17-9-5-2-6-10-17/h1-13,24,26H,14H2. The minimum atomic E-state index is -0.584. The Morgan fingerprint density at radius 3 is 2.00 bits per heavy atom. The van der Waals surface area contributed by atoms with Gasteiger partial charge in [0, 0.05) is 29.4 Å². The van der Waals surface area contributed by atoms with Gasteiger partial charge in [0.15, 0.2) is 11.3 Å². The van der Waals surface area contributed by atoms with Gasteiger partial charge in [0.25, 0.3) is 0 Å². The lowest BCUT2D eigenvalue weighted by molar-refractivity contribution is 0.397. The molecule has 134 valence electrons. The Labute approximate surface area is 155 Å². The van der Waals surface area contributed by atoms with Crippen molar-refractivity contribution < 1.29 is 14.6 Å². The van der Waals surface area contributed by atoms with Crippen molar-refractivity contribution in [2.45, 2.75) is 6.54 Å². The number of fused-ring (bicyclic) bond motifs is 1. The first-order valence-electron chi connectivity index (χ1n) is 8.49. The van der Waals surface area contributed by atoms with E-state index < -0.39 is 11.4 Å². The highest BCUT2D eigenvalue weighted by Gasteiger charge is 2.16. The lowest BCUT2D eigenvalue weighted by Gasteiger charge is -2.25. The summed E-state index contributed by atoms with van der Waals surface area (Å²) in [5.74, 6) is -0.761. The van der Waals surface area contributed by atoms with E-state index in [1.165, 1.54) is 12.1 Å². The van der Waals surface area contributed by atoms with Crippen LogP contribution in [0.15, 0.2) is 88.1 Å². The van der Waals surface area contributed by atoms with Crippen LogP contribution in [0.2, 0.25) is 0 Å². The average Bonchev–Trinajstić information content (AvgIpc) is 2.70. The Hall–Kier alpha value is -3.73. The van der Waals surface area contributed by atoms with Crippen LogP contribution in [-0.2, 0) is 6.54 Å². The molecule has 5 heteroatoms. The normalized spacial score (nSPS) is 10.8. The number of phenolic OH excluding ortho intramolecular Hbond substituents is 2. The maximum atomic E-state index is 12.0. The molecule has 2 N–H and O–H groups in total. The van der Waals surface area contributed by atoms with E-state index in [0.29, 0.717) is 17.5 Å². The van der Waals surface area contributed by atoms with E-state index in [0.717, 1.165) is 11.4 Å². The number of phenols is 2. The highest BCUT2D eigenvalue weighted by Crippen LogP contribution is 2.35. The summed E-state index contributed by atoms with van der Waals surface area (Å²) in [5.41, 5.74) is 2.02. The quantitative estimate of drug-likeness (QED) is 0.413. The van der Waals surface area contributed by atoms with Crippen molar-refractivity contribution in [3.63, 3.8) is 0 Å². The van der Waals surface area contributed by atoms with Gasteiger partial charge in [-0.25, -0.2) is 4.79 Å². The Balaban J connectivity index is 1.87. The van der Waals surface area contributed by atoms with E-state index in [4.69, 9.17) is 4.42 Å². The summed E-state index contributed by atoms with van der Waals surface area (Å²) in [6.07, 6.45) is 0. The van der Waals surface area contributed by atoms with Gasteiger partial charge < -0.3 is 19.5 Å². The number of para-hydroxylation sites is 2. The fourth-order valence-corrected chi connectivity index (χ4v) is 3.12. The van der Waals surface area contributed by atoms with Gasteiger partial charge in [-0.15, -0.1) is 0 Å². The van der Waals surface area contributed by atoms with Crippen LogP contribution in [0.1, 0.15) is 5.56 Å². The summed E-state index contributed by atoms with van der Waals surface area (Å²) in [5, 5.41) is 20.4. The number of rotatable bonds is 4. The van der Waals surface area contributed by atoms with Crippen molar-refractivity contribution in [3.05, 3.63) is 94.8 Å². The summed E-state index contributed by atoms with van der Waals surface area (Å²) in [7, 11) is 0. The molecule has 0 amide bonds. The molecule has 1 heterocycles. The van der Waals surface area contributed by atoms with E-state index in [1.54, 1.807) is 6.07 Å². The topological polar surface area (TPSA) is 73.9 Å². The molecule has 1 aromatic heterocycles. The van der Waals surface area contributed by atoms with Crippen molar-refractivity contribution in [1.29, 1.82) is 0 Å². The predicted octanol–water partition coefficient (Wildman–Crippen LogP) is 4.54. The maximum Gasteiger partial charge on any atom is 0.336 e. The summed E-state index contributed by atoms with van der Waals surface area (Å²) in [4.78, 5) is 14.1. The van der Waals surface area contributed by atoms with Crippen molar-refractivity contribution in [1.82, 2.24) is 0 Å². The third-order valence-electron chi connectivity index (χ3n) is 4.42. The van der Waals surface area contributed by atoms with E-state index in [-0.39, 0.29) is 11.3 Å². The Morgan fingerprint density at radius 1 is 0.815 bits per heavy atom. The molecule has 5 nitrogen and oxygen atoms in total. The van der Waals surface area contributed by atoms with Crippen LogP contribution in [0.3, 0.4) is 0 Å². The van der Waals surface area contributed by atoms with Crippen LogP contribution in [0.25, 0.3) is 11.0 Å². The fraction of sp³-hybridized carbons (Fsp3) is 0.0455. The molecule has 0 fully saturated rings. The smallest absolute Gasteiger partial charge is 0.336 e. The van der Waals surface area contributed by atoms with Crippen molar-refractivity contribution in [2.24, 2.45) is 0 Å². The first kappa shape index (κ1) is 16.7. The summed E-state index contributed by atoms with van der Waals surface area (Å²) in [6.45, 7) is 0.389. The van der Waals surface area contributed by atoms with E-state index in [9.17, 15) is 15.0 Å². The van der Waals surface area contributed by atoms with Crippen molar-refractivity contribution in [2.75, 3.05) is 4.90 Å². The zero-order chi connectivity index (χ0) is 18.8. The Bertz CT molecular complexity index is 1100.